The van der Waals surface area contributed by atoms with E-state index >= 15 is 0 Å². The number of carbonyl (C=O) groups is 2. The Morgan fingerprint density at radius 2 is 1.92 bits per heavy atom. The molecule has 1 aliphatic heterocycles. The van der Waals surface area contributed by atoms with E-state index in [9.17, 15) is 9.59 Å². The molecule has 3 heteroatoms. The number of piperidine rings is 1. The molecule has 1 aliphatic rings. The second kappa shape index (κ2) is 2.88. The van der Waals surface area contributed by atoms with Crippen LogP contribution in [0.4, 0.5) is 0 Å². The number of nitrogens with one attached hydrogen (secondary N) is 1. The summed E-state index contributed by atoms with van der Waals surface area (Å²) in [4.78, 5) is 22.1. The molecule has 0 bridgehead atoms. The predicted molar refractivity (Wildman–Crippen MR) is 45.6 cm³/mol. The Bertz CT molecular complexity index is 199. The Balaban J connectivity index is 2.68. The number of rotatable bonds is 0. The van der Waals surface area contributed by atoms with E-state index in [2.05, 4.69) is 5.32 Å². The topological polar surface area (TPSA) is 46.2 Å². The number of amides is 1. The van der Waals surface area contributed by atoms with Gasteiger partial charge in [0.05, 0.1) is 6.42 Å². The first-order valence-corrected chi connectivity index (χ1v) is 4.20. The second-order valence-electron chi connectivity index (χ2n) is 4.41. The standard InChI is InChI=1S/C9H15NO2/c1-9(2,3)7-4-6(11)5-8(12)10-7/h7H,4-5H2,1-3H3,(H,10,12)/t7-/m0/s1. The van der Waals surface area contributed by atoms with Crippen LogP contribution in [0, 0.1) is 5.41 Å². The smallest absolute Gasteiger partial charge is 0.227 e. The first-order valence-electron chi connectivity index (χ1n) is 4.20. The lowest BCUT2D eigenvalue weighted by molar-refractivity contribution is -0.133. The molecule has 0 aromatic heterocycles. The molecule has 12 heavy (non-hydrogen) atoms. The number of ketones is 1. The van der Waals surface area contributed by atoms with Gasteiger partial charge in [0, 0.05) is 12.5 Å². The fourth-order valence-corrected chi connectivity index (χ4v) is 1.30. The van der Waals surface area contributed by atoms with Crippen LogP contribution in [-0.2, 0) is 9.59 Å². The van der Waals surface area contributed by atoms with E-state index in [-0.39, 0.29) is 29.6 Å². The van der Waals surface area contributed by atoms with Crippen LogP contribution in [0.1, 0.15) is 33.6 Å². The van der Waals surface area contributed by atoms with Gasteiger partial charge < -0.3 is 5.32 Å². The van der Waals surface area contributed by atoms with E-state index in [1.54, 1.807) is 0 Å². The fraction of sp³-hybridized carbons (Fsp3) is 0.778. The van der Waals surface area contributed by atoms with Crippen LogP contribution in [0.5, 0.6) is 0 Å². The van der Waals surface area contributed by atoms with E-state index in [0.717, 1.165) is 0 Å². The summed E-state index contributed by atoms with van der Waals surface area (Å²) in [6.45, 7) is 6.07. The van der Waals surface area contributed by atoms with Crippen LogP contribution in [0.25, 0.3) is 0 Å². The zero-order valence-corrected chi connectivity index (χ0v) is 7.81. The van der Waals surface area contributed by atoms with Crippen LogP contribution >= 0.6 is 0 Å². The molecule has 0 spiro atoms. The monoisotopic (exact) mass is 169 g/mol. The summed E-state index contributed by atoms with van der Waals surface area (Å²) in [5.41, 5.74) is -0.0221. The molecule has 0 aromatic carbocycles. The number of hydrogen-bond acceptors (Lipinski definition) is 2. The molecule has 0 aliphatic carbocycles. The summed E-state index contributed by atoms with van der Waals surface area (Å²) < 4.78 is 0. The predicted octanol–water partition coefficient (Wildman–Crippen LogP) is 0.880. The molecule has 68 valence electrons. The normalized spacial score (nSPS) is 25.4. The quantitative estimate of drug-likeness (QED) is 0.547. The first kappa shape index (κ1) is 9.23. The Hall–Kier alpha value is -0.860. The summed E-state index contributed by atoms with van der Waals surface area (Å²) in [6.07, 6.45) is 0.543. The fourth-order valence-electron chi connectivity index (χ4n) is 1.30. The van der Waals surface area contributed by atoms with Gasteiger partial charge in [0.1, 0.15) is 5.78 Å². The van der Waals surface area contributed by atoms with Crippen molar-refractivity contribution in [2.24, 2.45) is 5.41 Å². The summed E-state index contributed by atoms with van der Waals surface area (Å²) in [5, 5.41) is 2.83. The molecule has 1 heterocycles. The highest BCUT2D eigenvalue weighted by Crippen LogP contribution is 2.24. The molecule has 3 nitrogen and oxygen atoms in total. The van der Waals surface area contributed by atoms with Gasteiger partial charge in [-0.05, 0) is 5.41 Å². The minimum Gasteiger partial charge on any atom is -0.352 e. The van der Waals surface area contributed by atoms with Crippen LogP contribution in [0.3, 0.4) is 0 Å². The largest absolute Gasteiger partial charge is 0.352 e. The van der Waals surface area contributed by atoms with E-state index in [4.69, 9.17) is 0 Å². The zero-order valence-electron chi connectivity index (χ0n) is 7.81. The maximum Gasteiger partial charge on any atom is 0.227 e. The molecule has 1 N–H and O–H groups in total. The molecule has 1 rings (SSSR count). The summed E-state index contributed by atoms with van der Waals surface area (Å²) in [5.74, 6) is -0.0788. The minimum atomic E-state index is -0.133. The maximum absolute atomic E-state index is 11.1. The minimum absolute atomic E-state index is 0.00579. The van der Waals surface area contributed by atoms with Crippen molar-refractivity contribution in [1.29, 1.82) is 0 Å². The van der Waals surface area contributed by atoms with Gasteiger partial charge in [-0.3, -0.25) is 9.59 Å². The van der Waals surface area contributed by atoms with Gasteiger partial charge in [0.2, 0.25) is 5.91 Å². The number of Topliss-reactive ketones (excluding diaryl/α,β-unsaturated/α-hetero) is 1. The highest BCUT2D eigenvalue weighted by atomic mass is 16.2. The number of carbonyl (C=O) groups excluding carboxylic acids is 2. The van der Waals surface area contributed by atoms with Crippen LogP contribution < -0.4 is 5.32 Å². The lowest BCUT2D eigenvalue weighted by Crippen LogP contribution is -2.49. The molecule has 0 unspecified atom stereocenters. The van der Waals surface area contributed by atoms with Gasteiger partial charge in [-0.1, -0.05) is 20.8 Å². The lowest BCUT2D eigenvalue weighted by Gasteiger charge is -2.33. The first-order chi connectivity index (χ1) is 5.39. The molecule has 1 saturated heterocycles. The highest BCUT2D eigenvalue weighted by Gasteiger charge is 2.32. The third-order valence-electron chi connectivity index (χ3n) is 2.17. The third-order valence-corrected chi connectivity index (χ3v) is 2.17. The van der Waals surface area contributed by atoms with Gasteiger partial charge in [0.15, 0.2) is 0 Å². The second-order valence-corrected chi connectivity index (χ2v) is 4.41. The van der Waals surface area contributed by atoms with Crippen molar-refractivity contribution in [1.82, 2.24) is 5.32 Å². The molecule has 0 aromatic rings. The van der Waals surface area contributed by atoms with Crippen LogP contribution in [0.15, 0.2) is 0 Å². The molecule has 0 radical (unpaired) electrons. The van der Waals surface area contributed by atoms with Gasteiger partial charge in [0.25, 0.3) is 0 Å². The molecular weight excluding hydrogens is 154 g/mol. The summed E-state index contributed by atoms with van der Waals surface area (Å²) in [6, 6.07) is 0.00579. The van der Waals surface area contributed by atoms with E-state index < -0.39 is 0 Å². The van der Waals surface area contributed by atoms with Crippen molar-refractivity contribution in [2.45, 2.75) is 39.7 Å². The van der Waals surface area contributed by atoms with Gasteiger partial charge >= 0.3 is 0 Å². The van der Waals surface area contributed by atoms with Crippen molar-refractivity contribution in [2.75, 3.05) is 0 Å². The lowest BCUT2D eigenvalue weighted by atomic mass is 9.81. The Morgan fingerprint density at radius 1 is 1.33 bits per heavy atom. The molecule has 0 saturated carbocycles. The van der Waals surface area contributed by atoms with Gasteiger partial charge in [-0.2, -0.15) is 0 Å². The van der Waals surface area contributed by atoms with Crippen molar-refractivity contribution < 1.29 is 9.59 Å². The summed E-state index contributed by atoms with van der Waals surface area (Å²) >= 11 is 0. The summed E-state index contributed by atoms with van der Waals surface area (Å²) in [7, 11) is 0. The third kappa shape index (κ3) is 2.06. The van der Waals surface area contributed by atoms with Crippen molar-refractivity contribution in [3.8, 4) is 0 Å². The van der Waals surface area contributed by atoms with Crippen LogP contribution in [-0.4, -0.2) is 17.7 Å². The molecule has 1 amide bonds. The Morgan fingerprint density at radius 3 is 2.33 bits per heavy atom. The average Bonchev–Trinajstić information content (AvgIpc) is 1.82. The molecule has 1 fully saturated rings. The average molecular weight is 169 g/mol. The van der Waals surface area contributed by atoms with E-state index in [0.29, 0.717) is 6.42 Å². The van der Waals surface area contributed by atoms with Crippen molar-refractivity contribution in [3.05, 3.63) is 0 Å². The Kier molecular flexibility index (Phi) is 2.22. The molecule has 1 atom stereocenters. The SMILES string of the molecule is CC(C)(C)[C@@H]1CC(=O)CC(=O)N1. The highest BCUT2D eigenvalue weighted by molar-refractivity contribution is 6.00. The maximum atomic E-state index is 11.1. The van der Waals surface area contributed by atoms with E-state index in [1.165, 1.54) is 0 Å². The molecular formula is C9H15NO2. The van der Waals surface area contributed by atoms with Gasteiger partial charge in [-0.25, -0.2) is 0 Å². The zero-order chi connectivity index (χ0) is 9.35. The van der Waals surface area contributed by atoms with Crippen LogP contribution in [0.2, 0.25) is 0 Å². The van der Waals surface area contributed by atoms with Gasteiger partial charge in [-0.15, -0.1) is 0 Å². The number of hydrogen-bond donors (Lipinski definition) is 1. The van der Waals surface area contributed by atoms with Crippen molar-refractivity contribution >= 4 is 11.7 Å². The van der Waals surface area contributed by atoms with Crippen molar-refractivity contribution in [3.63, 3.8) is 0 Å². The Labute approximate surface area is 72.5 Å². The van der Waals surface area contributed by atoms with E-state index in [1.807, 2.05) is 20.8 Å².